The molecule has 0 radical (unpaired) electrons. The molecule has 6 heteroatoms. The molecule has 2 heterocycles. The number of nitrogens with zero attached hydrogens (tertiary/aromatic N) is 3. The molecule has 1 saturated heterocycles. The predicted molar refractivity (Wildman–Crippen MR) is 107 cm³/mol. The molecule has 0 unspecified atom stereocenters. The minimum absolute atomic E-state index is 0.00125. The van der Waals surface area contributed by atoms with E-state index in [1.165, 1.54) is 6.07 Å². The first-order valence-corrected chi connectivity index (χ1v) is 9.30. The van der Waals surface area contributed by atoms with Crippen molar-refractivity contribution in [2.45, 2.75) is 57.7 Å². The predicted octanol–water partition coefficient (Wildman–Crippen LogP) is 4.04. The topological polar surface area (TPSA) is 50.3 Å². The number of rotatable bonds is 4. The summed E-state index contributed by atoms with van der Waals surface area (Å²) in [5, 5.41) is 12.1. The first kappa shape index (κ1) is 19.5. The molecule has 1 aromatic heterocycles. The van der Waals surface area contributed by atoms with Gasteiger partial charge in [0.05, 0.1) is 18.9 Å². The summed E-state index contributed by atoms with van der Waals surface area (Å²) in [6, 6.07) is 6.91. The van der Waals surface area contributed by atoms with Crippen LogP contribution < -0.4 is 15.0 Å². The van der Waals surface area contributed by atoms with Crippen molar-refractivity contribution in [1.82, 2.24) is 15.5 Å². The number of benzene rings is 1. The molecule has 146 valence electrons. The van der Waals surface area contributed by atoms with Gasteiger partial charge in [-0.15, -0.1) is 5.10 Å². The summed E-state index contributed by atoms with van der Waals surface area (Å²) in [6.07, 6.45) is 3.50. The quantitative estimate of drug-likeness (QED) is 0.878. The van der Waals surface area contributed by atoms with Crippen LogP contribution in [0.1, 0.15) is 40.5 Å². The SMILES string of the molecule is COc1cccc(F)c1-c1ccnnc1N(C)C1CC(C)(C)NC(C)(C)C1. The number of anilines is 1. The second-order valence-corrected chi connectivity index (χ2v) is 8.65. The number of hydrogen-bond donors (Lipinski definition) is 1. The number of nitrogens with one attached hydrogen (secondary N) is 1. The zero-order valence-corrected chi connectivity index (χ0v) is 17.0. The van der Waals surface area contributed by atoms with Crippen molar-refractivity contribution in [2.75, 3.05) is 19.1 Å². The van der Waals surface area contributed by atoms with E-state index >= 15 is 0 Å². The Morgan fingerprint density at radius 3 is 2.44 bits per heavy atom. The van der Waals surface area contributed by atoms with Gasteiger partial charge in [0.25, 0.3) is 0 Å². The Kier molecular flexibility index (Phi) is 5.12. The molecule has 1 aromatic carbocycles. The summed E-state index contributed by atoms with van der Waals surface area (Å²) in [4.78, 5) is 2.14. The number of ether oxygens (including phenoxy) is 1. The molecule has 27 heavy (non-hydrogen) atoms. The molecule has 3 rings (SSSR count). The largest absolute Gasteiger partial charge is 0.496 e. The van der Waals surface area contributed by atoms with Gasteiger partial charge in [-0.05, 0) is 58.7 Å². The lowest BCUT2D eigenvalue weighted by Crippen LogP contribution is -2.62. The average molecular weight is 372 g/mol. The highest BCUT2D eigenvalue weighted by molar-refractivity contribution is 5.80. The molecular formula is C21H29FN4O. The summed E-state index contributed by atoms with van der Waals surface area (Å²) in [7, 11) is 3.57. The molecule has 0 atom stereocenters. The summed E-state index contributed by atoms with van der Waals surface area (Å²) in [6.45, 7) is 8.86. The van der Waals surface area contributed by atoms with Gasteiger partial charge in [0.15, 0.2) is 5.82 Å². The van der Waals surface area contributed by atoms with Crippen molar-refractivity contribution in [1.29, 1.82) is 0 Å². The minimum Gasteiger partial charge on any atom is -0.496 e. The number of hydrogen-bond acceptors (Lipinski definition) is 5. The van der Waals surface area contributed by atoms with E-state index in [-0.39, 0.29) is 22.9 Å². The number of aromatic nitrogens is 2. The normalized spacial score (nSPS) is 18.9. The zero-order valence-electron chi connectivity index (χ0n) is 17.0. The van der Waals surface area contributed by atoms with Gasteiger partial charge in [-0.1, -0.05) is 6.07 Å². The first-order chi connectivity index (χ1) is 12.6. The van der Waals surface area contributed by atoms with Crippen molar-refractivity contribution in [3.8, 4) is 16.9 Å². The van der Waals surface area contributed by atoms with Gasteiger partial charge in [0, 0.05) is 29.7 Å². The summed E-state index contributed by atoms with van der Waals surface area (Å²) < 4.78 is 20.1. The van der Waals surface area contributed by atoms with Crippen LogP contribution in [-0.4, -0.2) is 41.5 Å². The lowest BCUT2D eigenvalue weighted by molar-refractivity contribution is 0.160. The van der Waals surface area contributed by atoms with Crippen LogP contribution in [0.4, 0.5) is 10.2 Å². The second kappa shape index (κ2) is 7.08. The molecule has 0 saturated carbocycles. The summed E-state index contributed by atoms with van der Waals surface area (Å²) in [5.74, 6) is 0.825. The number of halogens is 1. The van der Waals surface area contributed by atoms with E-state index in [9.17, 15) is 4.39 Å². The van der Waals surface area contributed by atoms with E-state index in [4.69, 9.17) is 4.74 Å². The van der Waals surface area contributed by atoms with E-state index in [1.807, 2.05) is 7.05 Å². The average Bonchev–Trinajstić information content (AvgIpc) is 2.58. The smallest absolute Gasteiger partial charge is 0.159 e. The van der Waals surface area contributed by atoms with Gasteiger partial charge in [0.2, 0.25) is 0 Å². The molecule has 0 spiro atoms. The van der Waals surface area contributed by atoms with Crippen LogP contribution >= 0.6 is 0 Å². The van der Waals surface area contributed by atoms with E-state index in [2.05, 4.69) is 48.1 Å². The standard InChI is InChI=1S/C21H29FN4O/c1-20(2)12-14(13-21(3,4)25-20)26(5)19-15(10-11-23-24-19)18-16(22)8-7-9-17(18)27-6/h7-11,14,25H,12-13H2,1-6H3. The van der Waals surface area contributed by atoms with Gasteiger partial charge in [-0.25, -0.2) is 4.39 Å². The molecule has 2 aromatic rings. The molecule has 0 aliphatic carbocycles. The van der Waals surface area contributed by atoms with Crippen LogP contribution in [0, 0.1) is 5.82 Å². The van der Waals surface area contributed by atoms with E-state index in [0.29, 0.717) is 22.7 Å². The highest BCUT2D eigenvalue weighted by atomic mass is 19.1. The fourth-order valence-electron chi connectivity index (χ4n) is 4.43. The molecule has 5 nitrogen and oxygen atoms in total. The Morgan fingerprint density at radius 2 is 1.81 bits per heavy atom. The Labute approximate surface area is 160 Å². The summed E-state index contributed by atoms with van der Waals surface area (Å²) >= 11 is 0. The number of piperidine rings is 1. The molecular weight excluding hydrogens is 343 g/mol. The van der Waals surface area contributed by atoms with Crippen molar-refractivity contribution in [3.63, 3.8) is 0 Å². The Hall–Kier alpha value is -2.21. The van der Waals surface area contributed by atoms with Crippen LogP contribution in [0.5, 0.6) is 5.75 Å². The second-order valence-electron chi connectivity index (χ2n) is 8.65. The lowest BCUT2D eigenvalue weighted by atomic mass is 9.79. The maximum Gasteiger partial charge on any atom is 0.159 e. The first-order valence-electron chi connectivity index (χ1n) is 9.30. The van der Waals surface area contributed by atoms with Gasteiger partial charge in [0.1, 0.15) is 11.6 Å². The molecule has 1 N–H and O–H groups in total. The third kappa shape index (κ3) is 4.05. The third-order valence-corrected chi connectivity index (χ3v) is 5.22. The molecule has 0 amide bonds. The highest BCUT2D eigenvalue weighted by Gasteiger charge is 2.40. The van der Waals surface area contributed by atoms with Crippen molar-refractivity contribution in [2.24, 2.45) is 0 Å². The third-order valence-electron chi connectivity index (χ3n) is 5.22. The van der Waals surface area contributed by atoms with Crippen LogP contribution in [-0.2, 0) is 0 Å². The van der Waals surface area contributed by atoms with Gasteiger partial charge in [-0.3, -0.25) is 0 Å². The fourth-order valence-corrected chi connectivity index (χ4v) is 4.43. The van der Waals surface area contributed by atoms with Crippen molar-refractivity contribution < 1.29 is 9.13 Å². The van der Waals surface area contributed by atoms with E-state index in [0.717, 1.165) is 12.8 Å². The molecule has 1 fully saturated rings. The maximum atomic E-state index is 14.7. The molecule has 1 aliphatic heterocycles. The van der Waals surface area contributed by atoms with Crippen LogP contribution in [0.2, 0.25) is 0 Å². The van der Waals surface area contributed by atoms with Gasteiger partial charge >= 0.3 is 0 Å². The van der Waals surface area contributed by atoms with Crippen molar-refractivity contribution in [3.05, 3.63) is 36.3 Å². The Balaban J connectivity index is 2.05. The van der Waals surface area contributed by atoms with Gasteiger partial charge in [-0.2, -0.15) is 5.10 Å². The van der Waals surface area contributed by atoms with Crippen LogP contribution in [0.15, 0.2) is 30.5 Å². The van der Waals surface area contributed by atoms with Gasteiger partial charge < -0.3 is 15.0 Å². The number of methoxy groups -OCH3 is 1. The van der Waals surface area contributed by atoms with Crippen molar-refractivity contribution >= 4 is 5.82 Å². The minimum atomic E-state index is -0.331. The molecule has 0 bridgehead atoms. The monoisotopic (exact) mass is 372 g/mol. The maximum absolute atomic E-state index is 14.7. The van der Waals surface area contributed by atoms with E-state index < -0.39 is 0 Å². The highest BCUT2D eigenvalue weighted by Crippen LogP contribution is 2.39. The van der Waals surface area contributed by atoms with Crippen LogP contribution in [0.3, 0.4) is 0 Å². The zero-order chi connectivity index (χ0) is 19.8. The lowest BCUT2D eigenvalue weighted by Gasteiger charge is -2.49. The Morgan fingerprint density at radius 1 is 1.15 bits per heavy atom. The van der Waals surface area contributed by atoms with Crippen LogP contribution in [0.25, 0.3) is 11.1 Å². The molecule has 1 aliphatic rings. The Bertz CT molecular complexity index is 806. The summed E-state index contributed by atoms with van der Waals surface area (Å²) in [5.41, 5.74) is 1.11. The fraction of sp³-hybridized carbons (Fsp3) is 0.524. The van der Waals surface area contributed by atoms with E-state index in [1.54, 1.807) is 31.5 Å².